The molecule has 1 N–H and O–H groups in total. The number of methoxy groups -OCH3 is 1. The van der Waals surface area contributed by atoms with Crippen LogP contribution in [0, 0.1) is 0 Å². The lowest BCUT2D eigenvalue weighted by Crippen LogP contribution is -2.49. The Morgan fingerprint density at radius 3 is 2.45 bits per heavy atom. The summed E-state index contributed by atoms with van der Waals surface area (Å²) in [5, 5.41) is 2.28. The van der Waals surface area contributed by atoms with Gasteiger partial charge in [-0.2, -0.15) is 0 Å². The first kappa shape index (κ1) is 16.0. The highest BCUT2D eigenvalue weighted by molar-refractivity contribution is 6.06. The van der Waals surface area contributed by atoms with Crippen molar-refractivity contribution in [2.24, 2.45) is 0 Å². The Bertz CT molecular complexity index is 632. The molecule has 1 saturated heterocycles. The molecule has 0 atom stereocenters. The number of hydrogen-bond donors (Lipinski definition) is 1. The summed E-state index contributed by atoms with van der Waals surface area (Å²) < 4.78 is 4.78. The Morgan fingerprint density at radius 2 is 1.91 bits per heavy atom. The molecule has 0 radical (unpaired) electrons. The Morgan fingerprint density at radius 1 is 1.23 bits per heavy atom. The number of ether oxygens (including phenoxy) is 1. The summed E-state index contributed by atoms with van der Waals surface area (Å²) in [6, 6.07) is 4.76. The van der Waals surface area contributed by atoms with Crippen molar-refractivity contribution >= 4 is 23.6 Å². The van der Waals surface area contributed by atoms with Crippen LogP contribution in [-0.4, -0.2) is 31.6 Å². The van der Waals surface area contributed by atoms with Crippen LogP contribution in [0.3, 0.4) is 0 Å². The van der Waals surface area contributed by atoms with E-state index in [1.807, 2.05) is 26.8 Å². The normalized spacial score (nSPS) is 15.5. The van der Waals surface area contributed by atoms with Crippen LogP contribution in [0.25, 0.3) is 0 Å². The topological polar surface area (TPSA) is 75.7 Å². The van der Waals surface area contributed by atoms with Gasteiger partial charge >= 0.3 is 12.0 Å². The molecule has 0 bridgehead atoms. The number of amides is 3. The Hall–Kier alpha value is -2.37. The van der Waals surface area contributed by atoms with Gasteiger partial charge in [-0.3, -0.25) is 15.0 Å². The van der Waals surface area contributed by atoms with Crippen molar-refractivity contribution in [3.8, 4) is 0 Å². The molecule has 1 heterocycles. The molecule has 1 aliphatic rings. The maximum Gasteiger partial charge on any atom is 0.337 e. The zero-order valence-corrected chi connectivity index (χ0v) is 13.2. The number of nitrogens with zero attached hydrogens (tertiary/aromatic N) is 1. The van der Waals surface area contributed by atoms with E-state index in [1.165, 1.54) is 12.0 Å². The Labute approximate surface area is 129 Å². The van der Waals surface area contributed by atoms with E-state index in [0.29, 0.717) is 17.8 Å². The summed E-state index contributed by atoms with van der Waals surface area (Å²) in [6.45, 7) is 6.35. The van der Waals surface area contributed by atoms with Gasteiger partial charge in [0, 0.05) is 18.7 Å². The third-order valence-electron chi connectivity index (χ3n) is 3.57. The maximum atomic E-state index is 12.0. The molecule has 6 nitrogen and oxygen atoms in total. The van der Waals surface area contributed by atoms with Gasteiger partial charge in [-0.15, -0.1) is 0 Å². The van der Waals surface area contributed by atoms with Crippen LogP contribution < -0.4 is 10.2 Å². The number of hydrogen-bond acceptors (Lipinski definition) is 4. The van der Waals surface area contributed by atoms with Crippen molar-refractivity contribution in [3.63, 3.8) is 0 Å². The minimum absolute atomic E-state index is 0.194. The predicted molar refractivity (Wildman–Crippen MR) is 82.0 cm³/mol. The van der Waals surface area contributed by atoms with Crippen molar-refractivity contribution in [1.29, 1.82) is 0 Å². The lowest BCUT2D eigenvalue weighted by molar-refractivity contribution is -0.120. The summed E-state index contributed by atoms with van der Waals surface area (Å²) in [4.78, 5) is 36.6. The molecule has 118 valence electrons. The highest BCUT2D eigenvalue weighted by Crippen LogP contribution is 2.29. The van der Waals surface area contributed by atoms with Gasteiger partial charge in [-0.25, -0.2) is 9.59 Å². The SMILES string of the molecule is COC(=O)c1cc(N2CCC(=O)NC2=O)cc(C(C)(C)C)c1. The minimum atomic E-state index is -0.474. The lowest BCUT2D eigenvalue weighted by Gasteiger charge is -2.29. The van der Waals surface area contributed by atoms with E-state index in [9.17, 15) is 14.4 Å². The molecule has 0 aromatic heterocycles. The summed E-state index contributed by atoms with van der Waals surface area (Å²) in [5.74, 6) is -0.748. The molecular formula is C16H20N2O4. The zero-order chi connectivity index (χ0) is 16.5. The quantitative estimate of drug-likeness (QED) is 0.850. The lowest BCUT2D eigenvalue weighted by atomic mass is 9.85. The number of carbonyl (C=O) groups is 3. The summed E-state index contributed by atoms with van der Waals surface area (Å²) in [7, 11) is 1.32. The molecule has 3 amide bonds. The van der Waals surface area contributed by atoms with Gasteiger partial charge in [0.1, 0.15) is 0 Å². The fourth-order valence-electron chi connectivity index (χ4n) is 2.25. The highest BCUT2D eigenvalue weighted by atomic mass is 16.5. The number of esters is 1. The van der Waals surface area contributed by atoms with Crippen molar-refractivity contribution < 1.29 is 19.1 Å². The van der Waals surface area contributed by atoms with E-state index < -0.39 is 12.0 Å². The fraction of sp³-hybridized carbons (Fsp3) is 0.438. The number of anilines is 1. The molecule has 1 aromatic rings. The van der Waals surface area contributed by atoms with E-state index in [2.05, 4.69) is 5.32 Å². The molecule has 1 fully saturated rings. The average molecular weight is 304 g/mol. The third kappa shape index (κ3) is 3.27. The fourth-order valence-corrected chi connectivity index (χ4v) is 2.25. The van der Waals surface area contributed by atoms with Crippen LogP contribution in [0.15, 0.2) is 18.2 Å². The van der Waals surface area contributed by atoms with E-state index >= 15 is 0 Å². The number of benzene rings is 1. The van der Waals surface area contributed by atoms with Crippen LogP contribution in [0.4, 0.5) is 10.5 Å². The van der Waals surface area contributed by atoms with Crippen molar-refractivity contribution in [1.82, 2.24) is 5.32 Å². The van der Waals surface area contributed by atoms with Gasteiger partial charge in [0.25, 0.3) is 0 Å². The van der Waals surface area contributed by atoms with Crippen molar-refractivity contribution in [2.45, 2.75) is 32.6 Å². The highest BCUT2D eigenvalue weighted by Gasteiger charge is 2.26. The van der Waals surface area contributed by atoms with Crippen molar-refractivity contribution in [3.05, 3.63) is 29.3 Å². The minimum Gasteiger partial charge on any atom is -0.465 e. The molecule has 2 rings (SSSR count). The monoisotopic (exact) mass is 304 g/mol. The number of imide groups is 1. The molecular weight excluding hydrogens is 284 g/mol. The Balaban J connectivity index is 2.48. The summed E-state index contributed by atoms with van der Waals surface area (Å²) in [6.07, 6.45) is 0.235. The van der Waals surface area contributed by atoms with Gasteiger partial charge in [0.15, 0.2) is 0 Å². The van der Waals surface area contributed by atoms with Crippen LogP contribution >= 0.6 is 0 Å². The third-order valence-corrected chi connectivity index (χ3v) is 3.57. The van der Waals surface area contributed by atoms with Gasteiger partial charge in [0.2, 0.25) is 5.91 Å². The molecule has 0 unspecified atom stereocenters. The van der Waals surface area contributed by atoms with E-state index in [-0.39, 0.29) is 17.7 Å². The van der Waals surface area contributed by atoms with E-state index in [1.54, 1.807) is 12.1 Å². The molecule has 0 aliphatic carbocycles. The first-order valence-corrected chi connectivity index (χ1v) is 7.07. The first-order chi connectivity index (χ1) is 10.2. The summed E-state index contributed by atoms with van der Waals surface area (Å²) in [5.41, 5.74) is 1.68. The maximum absolute atomic E-state index is 12.0. The van der Waals surface area contributed by atoms with E-state index in [0.717, 1.165) is 5.56 Å². The zero-order valence-electron chi connectivity index (χ0n) is 13.2. The smallest absolute Gasteiger partial charge is 0.337 e. The summed E-state index contributed by atoms with van der Waals surface area (Å²) >= 11 is 0. The molecule has 22 heavy (non-hydrogen) atoms. The molecule has 0 spiro atoms. The largest absolute Gasteiger partial charge is 0.465 e. The van der Waals surface area contributed by atoms with Gasteiger partial charge < -0.3 is 4.74 Å². The van der Waals surface area contributed by atoms with Crippen LogP contribution in [0.5, 0.6) is 0 Å². The molecule has 0 saturated carbocycles. The van der Waals surface area contributed by atoms with Gasteiger partial charge in [-0.1, -0.05) is 20.8 Å². The van der Waals surface area contributed by atoms with Gasteiger partial charge in [-0.05, 0) is 29.2 Å². The van der Waals surface area contributed by atoms with Crippen LogP contribution in [-0.2, 0) is 14.9 Å². The predicted octanol–water partition coefficient (Wildman–Crippen LogP) is 2.22. The average Bonchev–Trinajstić information content (AvgIpc) is 2.45. The molecule has 1 aliphatic heterocycles. The van der Waals surface area contributed by atoms with Crippen LogP contribution in [0.2, 0.25) is 0 Å². The second kappa shape index (κ2) is 5.79. The number of rotatable bonds is 2. The number of urea groups is 1. The first-order valence-electron chi connectivity index (χ1n) is 7.07. The van der Waals surface area contributed by atoms with Crippen molar-refractivity contribution in [2.75, 3.05) is 18.6 Å². The van der Waals surface area contributed by atoms with Crippen LogP contribution in [0.1, 0.15) is 43.1 Å². The van der Waals surface area contributed by atoms with Gasteiger partial charge in [0.05, 0.1) is 12.7 Å². The number of nitrogens with one attached hydrogen (secondary N) is 1. The Kier molecular flexibility index (Phi) is 4.21. The number of carbonyl (C=O) groups excluding carboxylic acids is 3. The molecule has 6 heteroatoms. The molecule has 1 aromatic carbocycles. The van der Waals surface area contributed by atoms with E-state index in [4.69, 9.17) is 4.74 Å². The second-order valence-corrected chi connectivity index (χ2v) is 6.27. The standard InChI is InChI=1S/C16H20N2O4/c1-16(2,3)11-7-10(14(20)22-4)8-12(9-11)18-6-5-13(19)17-15(18)21/h7-9H,5-6H2,1-4H3,(H,17,19,21). The second-order valence-electron chi connectivity index (χ2n) is 6.27.